The molecule has 1 amide bonds. The van der Waals surface area contributed by atoms with Crippen LogP contribution in [-0.2, 0) is 0 Å². The fraction of sp³-hybridized carbons (Fsp3) is 0. The predicted molar refractivity (Wildman–Crippen MR) is 84.7 cm³/mol. The van der Waals surface area contributed by atoms with Gasteiger partial charge in [-0.05, 0) is 36.4 Å². The number of hydrogen-bond acceptors (Lipinski definition) is 4. The maximum atomic E-state index is 12.9. The number of nitrogens with one attached hydrogen (secondary N) is 1. The second kappa shape index (κ2) is 6.21. The molecule has 1 N–H and O–H groups in total. The van der Waals surface area contributed by atoms with Gasteiger partial charge in [0.1, 0.15) is 10.8 Å². The number of hydrogen-bond donors (Lipinski definition) is 1. The van der Waals surface area contributed by atoms with E-state index in [9.17, 15) is 9.18 Å². The van der Waals surface area contributed by atoms with E-state index >= 15 is 0 Å². The van der Waals surface area contributed by atoms with Crippen molar-refractivity contribution >= 4 is 34.0 Å². The Morgan fingerprint density at radius 2 is 1.82 bits per heavy atom. The molecule has 1 aromatic heterocycles. The van der Waals surface area contributed by atoms with Crippen molar-refractivity contribution in [3.8, 4) is 10.6 Å². The van der Waals surface area contributed by atoms with Crippen LogP contribution in [0.3, 0.4) is 0 Å². The first-order valence-electron chi connectivity index (χ1n) is 6.29. The number of amides is 1. The van der Waals surface area contributed by atoms with Crippen molar-refractivity contribution in [1.82, 2.24) is 10.2 Å². The van der Waals surface area contributed by atoms with E-state index in [1.54, 1.807) is 36.4 Å². The minimum absolute atomic E-state index is 0.319. The molecule has 0 aliphatic heterocycles. The van der Waals surface area contributed by atoms with Gasteiger partial charge in [-0.1, -0.05) is 35.1 Å². The summed E-state index contributed by atoms with van der Waals surface area (Å²) < 4.78 is 12.9. The molecule has 0 bridgehead atoms. The molecule has 0 aliphatic carbocycles. The van der Waals surface area contributed by atoms with Gasteiger partial charge in [0.25, 0.3) is 5.91 Å². The zero-order valence-electron chi connectivity index (χ0n) is 11.1. The number of carbonyl (C=O) groups is 1. The van der Waals surface area contributed by atoms with Gasteiger partial charge in [-0.25, -0.2) is 4.39 Å². The normalized spacial score (nSPS) is 10.5. The van der Waals surface area contributed by atoms with E-state index in [1.165, 1.54) is 23.5 Å². The molecule has 0 unspecified atom stereocenters. The first-order valence-corrected chi connectivity index (χ1v) is 7.48. The van der Waals surface area contributed by atoms with Gasteiger partial charge in [0.2, 0.25) is 5.13 Å². The molecule has 0 radical (unpaired) electrons. The first-order chi connectivity index (χ1) is 10.6. The Morgan fingerprint density at radius 3 is 2.55 bits per heavy atom. The largest absolute Gasteiger partial charge is 0.296 e. The van der Waals surface area contributed by atoms with Crippen molar-refractivity contribution in [2.45, 2.75) is 0 Å². The fourth-order valence-electron chi connectivity index (χ4n) is 1.79. The Labute approximate surface area is 134 Å². The summed E-state index contributed by atoms with van der Waals surface area (Å²) in [6.45, 7) is 0. The summed E-state index contributed by atoms with van der Waals surface area (Å²) >= 11 is 7.17. The molecule has 0 saturated heterocycles. The van der Waals surface area contributed by atoms with Gasteiger partial charge in [0.15, 0.2) is 0 Å². The third-order valence-electron chi connectivity index (χ3n) is 2.86. The molecule has 1 heterocycles. The molecule has 3 aromatic rings. The van der Waals surface area contributed by atoms with Crippen LogP contribution < -0.4 is 5.32 Å². The summed E-state index contributed by atoms with van der Waals surface area (Å²) in [5, 5.41) is 11.8. The molecule has 110 valence electrons. The van der Waals surface area contributed by atoms with Crippen LogP contribution in [0.1, 0.15) is 10.4 Å². The van der Waals surface area contributed by atoms with Gasteiger partial charge in [0.05, 0.1) is 10.6 Å². The summed E-state index contributed by atoms with van der Waals surface area (Å²) in [6, 6.07) is 12.6. The first kappa shape index (κ1) is 14.6. The van der Waals surface area contributed by atoms with E-state index in [1.807, 2.05) is 0 Å². The summed E-state index contributed by atoms with van der Waals surface area (Å²) in [5.41, 5.74) is 1.10. The van der Waals surface area contributed by atoms with E-state index < -0.39 is 0 Å². The number of carbonyl (C=O) groups excluding carboxylic acids is 1. The quantitative estimate of drug-likeness (QED) is 0.779. The highest BCUT2D eigenvalue weighted by atomic mass is 35.5. The van der Waals surface area contributed by atoms with Gasteiger partial charge in [-0.3, -0.25) is 10.1 Å². The van der Waals surface area contributed by atoms with Crippen molar-refractivity contribution in [1.29, 1.82) is 0 Å². The summed E-state index contributed by atoms with van der Waals surface area (Å²) in [4.78, 5) is 12.1. The molecule has 0 spiro atoms. The zero-order valence-corrected chi connectivity index (χ0v) is 12.7. The molecule has 0 fully saturated rings. The summed E-state index contributed by atoms with van der Waals surface area (Å²) in [7, 11) is 0. The van der Waals surface area contributed by atoms with E-state index in [-0.39, 0.29) is 11.7 Å². The van der Waals surface area contributed by atoms with E-state index in [0.29, 0.717) is 20.7 Å². The Morgan fingerprint density at radius 1 is 1.09 bits per heavy atom. The molecule has 0 atom stereocenters. The lowest BCUT2D eigenvalue weighted by Gasteiger charge is -2.02. The van der Waals surface area contributed by atoms with E-state index in [2.05, 4.69) is 15.5 Å². The van der Waals surface area contributed by atoms with Crippen LogP contribution in [0.5, 0.6) is 0 Å². The second-order valence-electron chi connectivity index (χ2n) is 4.35. The van der Waals surface area contributed by atoms with Crippen LogP contribution in [0.25, 0.3) is 10.6 Å². The molecule has 22 heavy (non-hydrogen) atoms. The van der Waals surface area contributed by atoms with Crippen molar-refractivity contribution in [2.75, 3.05) is 5.32 Å². The van der Waals surface area contributed by atoms with Gasteiger partial charge in [-0.15, -0.1) is 10.2 Å². The van der Waals surface area contributed by atoms with Crippen molar-refractivity contribution in [2.24, 2.45) is 0 Å². The third kappa shape index (κ3) is 3.13. The van der Waals surface area contributed by atoms with Crippen molar-refractivity contribution < 1.29 is 9.18 Å². The number of anilines is 1. The van der Waals surface area contributed by atoms with Gasteiger partial charge in [0, 0.05) is 5.56 Å². The van der Waals surface area contributed by atoms with E-state index in [0.717, 1.165) is 5.56 Å². The smallest absolute Gasteiger partial charge is 0.259 e. The predicted octanol–water partition coefficient (Wildman–Crippen LogP) is 4.25. The lowest BCUT2D eigenvalue weighted by molar-refractivity contribution is 0.102. The van der Waals surface area contributed by atoms with Crippen LogP contribution in [0.2, 0.25) is 5.02 Å². The number of halogens is 2. The van der Waals surface area contributed by atoms with Gasteiger partial charge < -0.3 is 0 Å². The zero-order chi connectivity index (χ0) is 15.5. The summed E-state index contributed by atoms with van der Waals surface area (Å²) in [6.07, 6.45) is 0. The fourth-order valence-corrected chi connectivity index (χ4v) is 2.76. The molecule has 4 nitrogen and oxygen atoms in total. The van der Waals surface area contributed by atoms with Crippen LogP contribution in [0.15, 0.2) is 48.5 Å². The number of benzene rings is 2. The maximum absolute atomic E-state index is 12.9. The molecular formula is C15H9ClFN3OS. The van der Waals surface area contributed by atoms with Gasteiger partial charge in [-0.2, -0.15) is 0 Å². The van der Waals surface area contributed by atoms with E-state index in [4.69, 9.17) is 11.6 Å². The molecule has 0 aliphatic rings. The Kier molecular flexibility index (Phi) is 4.13. The topological polar surface area (TPSA) is 54.9 Å². The van der Waals surface area contributed by atoms with Crippen LogP contribution in [-0.4, -0.2) is 16.1 Å². The monoisotopic (exact) mass is 333 g/mol. The lowest BCUT2D eigenvalue weighted by atomic mass is 10.2. The van der Waals surface area contributed by atoms with Crippen LogP contribution in [0.4, 0.5) is 9.52 Å². The number of rotatable bonds is 3. The molecule has 2 aromatic carbocycles. The Balaban J connectivity index is 1.78. The van der Waals surface area contributed by atoms with Crippen molar-refractivity contribution in [3.63, 3.8) is 0 Å². The average molecular weight is 334 g/mol. The Bertz CT molecular complexity index is 820. The molecule has 3 rings (SSSR count). The SMILES string of the molecule is O=C(Nc1nnc(-c2ccc(F)cc2)s1)c1ccccc1Cl. The second-order valence-corrected chi connectivity index (χ2v) is 5.74. The highest BCUT2D eigenvalue weighted by Crippen LogP contribution is 2.27. The van der Waals surface area contributed by atoms with Gasteiger partial charge >= 0.3 is 0 Å². The number of nitrogens with zero attached hydrogens (tertiary/aromatic N) is 2. The minimum atomic E-state index is -0.354. The highest BCUT2D eigenvalue weighted by Gasteiger charge is 2.13. The average Bonchev–Trinajstić information content (AvgIpc) is 2.97. The Hall–Kier alpha value is -2.31. The van der Waals surface area contributed by atoms with Crippen molar-refractivity contribution in [3.05, 3.63) is 64.9 Å². The summed E-state index contributed by atoms with van der Waals surface area (Å²) in [5.74, 6) is -0.673. The third-order valence-corrected chi connectivity index (χ3v) is 4.07. The lowest BCUT2D eigenvalue weighted by Crippen LogP contribution is -2.12. The molecule has 0 saturated carbocycles. The maximum Gasteiger partial charge on any atom is 0.259 e. The van der Waals surface area contributed by atoms with Crippen LogP contribution >= 0.6 is 22.9 Å². The molecular weight excluding hydrogens is 325 g/mol. The van der Waals surface area contributed by atoms with Crippen LogP contribution in [0, 0.1) is 5.82 Å². The number of aromatic nitrogens is 2. The molecule has 7 heteroatoms. The minimum Gasteiger partial charge on any atom is -0.296 e. The standard InChI is InChI=1S/C15H9ClFN3OS/c16-12-4-2-1-3-11(12)13(21)18-15-20-19-14(22-15)9-5-7-10(17)8-6-9/h1-8H,(H,18,20,21). The highest BCUT2D eigenvalue weighted by molar-refractivity contribution is 7.18.